The van der Waals surface area contributed by atoms with Gasteiger partial charge in [0.05, 0.1) is 16.9 Å². The first-order chi connectivity index (χ1) is 15.6. The van der Waals surface area contributed by atoms with Gasteiger partial charge in [-0.3, -0.25) is 4.79 Å². The molecule has 0 aliphatic rings. The second-order valence-corrected chi connectivity index (χ2v) is 8.23. The van der Waals surface area contributed by atoms with Crippen LogP contribution in [0.25, 0.3) is 10.8 Å². The smallest absolute Gasteiger partial charge is 0.271 e. The fourth-order valence-electron chi connectivity index (χ4n) is 3.24. The fourth-order valence-corrected chi connectivity index (χ4v) is 4.03. The molecule has 0 heterocycles. The molecule has 32 heavy (non-hydrogen) atoms. The molecule has 0 saturated heterocycles. The third kappa shape index (κ3) is 5.26. The van der Waals surface area contributed by atoms with Gasteiger partial charge in [0.2, 0.25) is 0 Å². The van der Waals surface area contributed by atoms with Crippen molar-refractivity contribution in [1.29, 1.82) is 0 Å². The molecule has 5 nitrogen and oxygen atoms in total. The minimum atomic E-state index is -0.267. The van der Waals surface area contributed by atoms with Crippen molar-refractivity contribution in [1.82, 2.24) is 5.43 Å². The highest BCUT2D eigenvalue weighted by molar-refractivity contribution is 14.1. The third-order valence-corrected chi connectivity index (χ3v) is 5.67. The molecule has 0 unspecified atom stereocenters. The van der Waals surface area contributed by atoms with Crippen LogP contribution in [0.3, 0.4) is 0 Å². The molecule has 0 aliphatic carbocycles. The number of fused-ring (bicyclic) bond motifs is 1. The molecule has 4 aromatic carbocycles. The quantitative estimate of drug-likeness (QED) is 0.185. The van der Waals surface area contributed by atoms with E-state index in [1.165, 1.54) is 0 Å². The molecule has 0 aliphatic heterocycles. The molecular weight excluding hydrogens is 515 g/mol. The Labute approximate surface area is 200 Å². The summed E-state index contributed by atoms with van der Waals surface area (Å²) in [7, 11) is 1.60. The number of ether oxygens (including phenoxy) is 2. The van der Waals surface area contributed by atoms with Gasteiger partial charge >= 0.3 is 0 Å². The minimum absolute atomic E-state index is 0.267. The third-order valence-electron chi connectivity index (χ3n) is 4.87. The molecule has 1 amide bonds. The summed E-state index contributed by atoms with van der Waals surface area (Å²) in [5.74, 6) is 1.01. The van der Waals surface area contributed by atoms with Crippen LogP contribution in [-0.2, 0) is 6.61 Å². The molecule has 4 rings (SSSR count). The van der Waals surface area contributed by atoms with Crippen LogP contribution in [0.1, 0.15) is 21.5 Å². The molecule has 0 spiro atoms. The number of methoxy groups -OCH3 is 1. The maximum absolute atomic E-state index is 12.5. The van der Waals surface area contributed by atoms with E-state index in [0.29, 0.717) is 23.7 Å². The van der Waals surface area contributed by atoms with Crippen molar-refractivity contribution in [3.8, 4) is 11.5 Å². The number of hydrogen-bond acceptors (Lipinski definition) is 4. The molecule has 160 valence electrons. The van der Waals surface area contributed by atoms with E-state index in [0.717, 1.165) is 25.5 Å². The highest BCUT2D eigenvalue weighted by Gasteiger charge is 2.12. The summed E-state index contributed by atoms with van der Waals surface area (Å²) < 4.78 is 12.4. The van der Waals surface area contributed by atoms with Gasteiger partial charge in [-0.2, -0.15) is 5.10 Å². The van der Waals surface area contributed by atoms with Crippen LogP contribution >= 0.6 is 22.6 Å². The number of hydrazone groups is 1. The summed E-state index contributed by atoms with van der Waals surface area (Å²) in [4.78, 5) is 12.5. The zero-order valence-corrected chi connectivity index (χ0v) is 19.6. The fraction of sp³-hybridized carbons (Fsp3) is 0.0769. The lowest BCUT2D eigenvalue weighted by molar-refractivity contribution is 0.0955. The number of nitrogens with zero attached hydrogens (tertiary/aromatic N) is 1. The van der Waals surface area contributed by atoms with Gasteiger partial charge in [-0.1, -0.05) is 60.7 Å². The van der Waals surface area contributed by atoms with Gasteiger partial charge in [0.15, 0.2) is 11.5 Å². The highest BCUT2D eigenvalue weighted by atomic mass is 127. The summed E-state index contributed by atoms with van der Waals surface area (Å²) in [6.45, 7) is 0.447. The summed E-state index contributed by atoms with van der Waals surface area (Å²) in [5, 5.41) is 6.21. The Bertz CT molecular complexity index is 1270. The lowest BCUT2D eigenvalue weighted by Crippen LogP contribution is -2.17. The predicted molar refractivity (Wildman–Crippen MR) is 135 cm³/mol. The standard InChI is InChI=1S/C26H21IN2O3/c1-31-24-14-19(13-23(27)25(24)32-17-18-7-3-2-4-8-18)16-28-29-26(30)22-12-11-20-9-5-6-10-21(20)15-22/h2-16H,17H2,1H3,(H,29,30)/b28-16-. The number of halogens is 1. The summed E-state index contributed by atoms with van der Waals surface area (Å²) >= 11 is 2.21. The Morgan fingerprint density at radius 3 is 2.50 bits per heavy atom. The normalized spacial score (nSPS) is 10.9. The maximum atomic E-state index is 12.5. The van der Waals surface area contributed by atoms with Crippen molar-refractivity contribution >= 4 is 45.5 Å². The summed E-state index contributed by atoms with van der Waals surface area (Å²) in [6.07, 6.45) is 1.59. The van der Waals surface area contributed by atoms with Gasteiger partial charge in [-0.05, 0) is 68.8 Å². The zero-order valence-electron chi connectivity index (χ0n) is 17.4. The van der Waals surface area contributed by atoms with E-state index in [2.05, 4.69) is 33.1 Å². The molecule has 0 aromatic heterocycles. The Hall–Kier alpha value is -3.39. The molecule has 6 heteroatoms. The van der Waals surface area contributed by atoms with Crippen molar-refractivity contribution in [2.45, 2.75) is 6.61 Å². The number of rotatable bonds is 7. The van der Waals surface area contributed by atoms with E-state index in [9.17, 15) is 4.79 Å². The number of hydrogen-bond donors (Lipinski definition) is 1. The first kappa shape index (κ1) is 21.8. The van der Waals surface area contributed by atoms with Gasteiger partial charge in [-0.25, -0.2) is 5.43 Å². The molecule has 4 aromatic rings. The largest absolute Gasteiger partial charge is 0.493 e. The van der Waals surface area contributed by atoms with Crippen LogP contribution < -0.4 is 14.9 Å². The molecule has 0 fully saturated rings. The van der Waals surface area contributed by atoms with Crippen molar-refractivity contribution in [3.05, 3.63) is 105 Å². The lowest BCUT2D eigenvalue weighted by Gasteiger charge is -2.13. The van der Waals surface area contributed by atoms with Crippen LogP contribution in [0.5, 0.6) is 11.5 Å². The Morgan fingerprint density at radius 2 is 1.72 bits per heavy atom. The van der Waals surface area contributed by atoms with Crippen LogP contribution in [0, 0.1) is 3.57 Å². The van der Waals surface area contributed by atoms with E-state index < -0.39 is 0 Å². The second kappa shape index (κ2) is 10.3. The van der Waals surface area contributed by atoms with Crippen LogP contribution in [-0.4, -0.2) is 19.2 Å². The number of amides is 1. The molecule has 0 saturated carbocycles. The number of nitrogens with one attached hydrogen (secondary N) is 1. The van der Waals surface area contributed by atoms with Crippen LogP contribution in [0.4, 0.5) is 0 Å². The average Bonchev–Trinajstić information content (AvgIpc) is 2.83. The van der Waals surface area contributed by atoms with E-state index in [1.807, 2.05) is 78.9 Å². The lowest BCUT2D eigenvalue weighted by atomic mass is 10.1. The highest BCUT2D eigenvalue weighted by Crippen LogP contribution is 2.34. The summed E-state index contributed by atoms with van der Waals surface area (Å²) in [6, 6.07) is 27.2. The van der Waals surface area contributed by atoms with Crippen LogP contribution in [0.2, 0.25) is 0 Å². The Balaban J connectivity index is 1.44. The molecule has 0 bridgehead atoms. The minimum Gasteiger partial charge on any atom is -0.493 e. The molecule has 0 atom stereocenters. The predicted octanol–water partition coefficient (Wildman–Crippen LogP) is 5.80. The van der Waals surface area contributed by atoms with E-state index in [-0.39, 0.29) is 5.91 Å². The van der Waals surface area contributed by atoms with Crippen molar-refractivity contribution in [3.63, 3.8) is 0 Å². The molecule has 1 N–H and O–H groups in total. The number of carbonyl (C=O) groups is 1. The van der Waals surface area contributed by atoms with E-state index >= 15 is 0 Å². The van der Waals surface area contributed by atoms with Gasteiger partial charge in [0.25, 0.3) is 5.91 Å². The first-order valence-electron chi connectivity index (χ1n) is 10.0. The number of carbonyl (C=O) groups excluding carboxylic acids is 1. The van der Waals surface area contributed by atoms with E-state index in [1.54, 1.807) is 19.4 Å². The topological polar surface area (TPSA) is 59.9 Å². The molecule has 0 radical (unpaired) electrons. The van der Waals surface area contributed by atoms with Gasteiger partial charge < -0.3 is 9.47 Å². The van der Waals surface area contributed by atoms with Gasteiger partial charge in [0, 0.05) is 5.56 Å². The maximum Gasteiger partial charge on any atom is 0.271 e. The van der Waals surface area contributed by atoms with Crippen molar-refractivity contribution < 1.29 is 14.3 Å². The van der Waals surface area contributed by atoms with Crippen molar-refractivity contribution in [2.24, 2.45) is 5.10 Å². The SMILES string of the molecule is COc1cc(/C=N\NC(=O)c2ccc3ccccc3c2)cc(I)c1OCc1ccccc1. The summed E-state index contributed by atoms with van der Waals surface area (Å²) in [5.41, 5.74) is 5.01. The number of benzene rings is 4. The van der Waals surface area contributed by atoms with Crippen LogP contribution in [0.15, 0.2) is 90.0 Å². The monoisotopic (exact) mass is 536 g/mol. The van der Waals surface area contributed by atoms with Gasteiger partial charge in [-0.15, -0.1) is 0 Å². The first-order valence-corrected chi connectivity index (χ1v) is 11.1. The Morgan fingerprint density at radius 1 is 0.969 bits per heavy atom. The van der Waals surface area contributed by atoms with Gasteiger partial charge in [0.1, 0.15) is 6.61 Å². The van der Waals surface area contributed by atoms with Crippen molar-refractivity contribution in [2.75, 3.05) is 7.11 Å². The average molecular weight is 536 g/mol. The zero-order chi connectivity index (χ0) is 22.3. The molecular formula is C26H21IN2O3. The second-order valence-electron chi connectivity index (χ2n) is 7.07. The Kier molecular flexibility index (Phi) is 7.01. The van der Waals surface area contributed by atoms with E-state index in [4.69, 9.17) is 9.47 Å².